The molecule has 1 amide bonds. The number of carbonyl (C=O) groups excluding carboxylic acids is 1. The number of aromatic nitrogens is 2. The van der Waals surface area contributed by atoms with Gasteiger partial charge in [-0.1, -0.05) is 11.6 Å². The van der Waals surface area contributed by atoms with Crippen LogP contribution < -0.4 is 4.74 Å². The van der Waals surface area contributed by atoms with Crippen molar-refractivity contribution in [2.75, 3.05) is 20.2 Å². The van der Waals surface area contributed by atoms with Crippen LogP contribution in [0.15, 0.2) is 46.9 Å². The molecule has 150 valence electrons. The Balaban J connectivity index is 1.43. The van der Waals surface area contributed by atoms with Crippen molar-refractivity contribution in [3.05, 3.63) is 64.8 Å². The highest BCUT2D eigenvalue weighted by Crippen LogP contribution is 2.31. The molecule has 1 aromatic heterocycles. The fourth-order valence-electron chi connectivity index (χ4n) is 3.46. The van der Waals surface area contributed by atoms with E-state index in [0.717, 1.165) is 0 Å². The number of rotatable bonds is 4. The van der Waals surface area contributed by atoms with Gasteiger partial charge in [-0.3, -0.25) is 4.79 Å². The first-order chi connectivity index (χ1) is 14.0. The van der Waals surface area contributed by atoms with E-state index in [2.05, 4.69) is 10.2 Å². The molecule has 0 spiro atoms. The van der Waals surface area contributed by atoms with E-state index in [9.17, 15) is 9.18 Å². The fourth-order valence-corrected chi connectivity index (χ4v) is 3.63. The third kappa shape index (κ3) is 4.10. The van der Waals surface area contributed by atoms with Crippen molar-refractivity contribution in [1.82, 2.24) is 15.1 Å². The lowest BCUT2D eigenvalue weighted by Crippen LogP contribution is -2.38. The molecule has 0 bridgehead atoms. The number of carbonyl (C=O) groups is 1. The van der Waals surface area contributed by atoms with Gasteiger partial charge in [0.1, 0.15) is 11.6 Å². The van der Waals surface area contributed by atoms with Crippen LogP contribution in [-0.4, -0.2) is 41.2 Å². The minimum Gasteiger partial charge on any atom is -0.496 e. The predicted octanol–water partition coefficient (Wildman–Crippen LogP) is 4.56. The molecule has 0 saturated carbocycles. The van der Waals surface area contributed by atoms with E-state index in [4.69, 9.17) is 20.8 Å². The van der Waals surface area contributed by atoms with Crippen molar-refractivity contribution >= 4 is 17.5 Å². The number of amides is 1. The summed E-state index contributed by atoms with van der Waals surface area (Å²) in [5.41, 5.74) is 1.13. The Bertz CT molecular complexity index is 1010. The van der Waals surface area contributed by atoms with Crippen molar-refractivity contribution in [3.8, 4) is 17.2 Å². The molecule has 3 aromatic rings. The van der Waals surface area contributed by atoms with Crippen LogP contribution in [0.5, 0.6) is 5.75 Å². The predicted molar refractivity (Wildman–Crippen MR) is 106 cm³/mol. The SMILES string of the molecule is COc1ccc(Cl)cc1C(=O)N1CCC(c2nnc(-c3ccc(F)cc3)o2)CC1. The lowest BCUT2D eigenvalue weighted by atomic mass is 9.96. The number of piperidine rings is 1. The molecule has 2 heterocycles. The summed E-state index contributed by atoms with van der Waals surface area (Å²) in [7, 11) is 1.53. The first kappa shape index (κ1) is 19.4. The van der Waals surface area contributed by atoms with E-state index >= 15 is 0 Å². The number of hydrogen-bond donors (Lipinski definition) is 0. The summed E-state index contributed by atoms with van der Waals surface area (Å²) >= 11 is 6.05. The largest absolute Gasteiger partial charge is 0.496 e. The average molecular weight is 416 g/mol. The lowest BCUT2D eigenvalue weighted by Gasteiger charge is -2.30. The second-order valence-electron chi connectivity index (χ2n) is 6.86. The number of likely N-dealkylation sites (tertiary alicyclic amines) is 1. The van der Waals surface area contributed by atoms with E-state index < -0.39 is 0 Å². The highest BCUT2D eigenvalue weighted by Gasteiger charge is 2.29. The molecule has 4 rings (SSSR count). The van der Waals surface area contributed by atoms with E-state index in [0.29, 0.717) is 59.6 Å². The number of benzene rings is 2. The normalized spacial score (nSPS) is 14.8. The zero-order valence-electron chi connectivity index (χ0n) is 15.8. The Morgan fingerprint density at radius 3 is 2.59 bits per heavy atom. The standard InChI is InChI=1S/C21H19ClFN3O3/c1-28-18-7-4-15(22)12-17(18)21(27)26-10-8-14(9-11-26)20-25-24-19(29-20)13-2-5-16(23)6-3-13/h2-7,12,14H,8-11H2,1H3. The van der Waals surface area contributed by atoms with Gasteiger partial charge >= 0.3 is 0 Å². The molecule has 2 aromatic carbocycles. The molecule has 0 unspecified atom stereocenters. The second kappa shape index (κ2) is 8.21. The van der Waals surface area contributed by atoms with Gasteiger partial charge in [-0.2, -0.15) is 0 Å². The first-order valence-electron chi connectivity index (χ1n) is 9.27. The lowest BCUT2D eigenvalue weighted by molar-refractivity contribution is 0.0703. The Labute approximate surface area is 172 Å². The van der Waals surface area contributed by atoms with Crippen LogP contribution >= 0.6 is 11.6 Å². The fraction of sp³-hybridized carbons (Fsp3) is 0.286. The van der Waals surface area contributed by atoms with Crippen molar-refractivity contribution in [3.63, 3.8) is 0 Å². The Morgan fingerprint density at radius 1 is 1.17 bits per heavy atom. The van der Waals surface area contributed by atoms with Gasteiger partial charge in [0.2, 0.25) is 11.8 Å². The molecule has 0 atom stereocenters. The second-order valence-corrected chi connectivity index (χ2v) is 7.30. The molecule has 1 aliphatic heterocycles. The quantitative estimate of drug-likeness (QED) is 0.625. The van der Waals surface area contributed by atoms with Crippen molar-refractivity contribution in [2.24, 2.45) is 0 Å². The van der Waals surface area contributed by atoms with E-state index in [1.54, 1.807) is 35.2 Å². The average Bonchev–Trinajstić information content (AvgIpc) is 3.24. The molecule has 1 aliphatic rings. The van der Waals surface area contributed by atoms with Crippen LogP contribution in [0.2, 0.25) is 5.02 Å². The maximum Gasteiger partial charge on any atom is 0.257 e. The van der Waals surface area contributed by atoms with Gasteiger partial charge in [-0.05, 0) is 55.3 Å². The Hall–Kier alpha value is -2.93. The molecule has 1 fully saturated rings. The van der Waals surface area contributed by atoms with Gasteiger partial charge in [0.25, 0.3) is 5.91 Å². The van der Waals surface area contributed by atoms with Crippen LogP contribution in [0, 0.1) is 5.82 Å². The Kier molecular flexibility index (Phi) is 5.49. The maximum atomic E-state index is 13.1. The molecular formula is C21H19ClFN3O3. The minimum atomic E-state index is -0.318. The highest BCUT2D eigenvalue weighted by atomic mass is 35.5. The van der Waals surface area contributed by atoms with Crippen LogP contribution in [-0.2, 0) is 0 Å². The van der Waals surface area contributed by atoms with Crippen molar-refractivity contribution < 1.29 is 18.3 Å². The molecule has 29 heavy (non-hydrogen) atoms. The Morgan fingerprint density at radius 2 is 1.90 bits per heavy atom. The van der Waals surface area contributed by atoms with Gasteiger partial charge in [0.15, 0.2) is 0 Å². The molecule has 1 saturated heterocycles. The number of ether oxygens (including phenoxy) is 1. The number of halogens is 2. The molecule has 8 heteroatoms. The van der Waals surface area contributed by atoms with Gasteiger partial charge in [-0.25, -0.2) is 4.39 Å². The van der Waals surface area contributed by atoms with E-state index in [1.807, 2.05) is 0 Å². The molecule has 0 aliphatic carbocycles. The van der Waals surface area contributed by atoms with E-state index in [-0.39, 0.29) is 17.6 Å². The zero-order valence-corrected chi connectivity index (χ0v) is 16.5. The number of methoxy groups -OCH3 is 1. The monoisotopic (exact) mass is 415 g/mol. The minimum absolute atomic E-state index is 0.0713. The van der Waals surface area contributed by atoms with Crippen LogP contribution in [0.25, 0.3) is 11.5 Å². The van der Waals surface area contributed by atoms with Crippen molar-refractivity contribution in [2.45, 2.75) is 18.8 Å². The molecule has 0 N–H and O–H groups in total. The summed E-state index contributed by atoms with van der Waals surface area (Å²) < 4.78 is 24.2. The summed E-state index contributed by atoms with van der Waals surface area (Å²) in [5.74, 6) is 1.05. The molecule has 0 radical (unpaired) electrons. The number of nitrogens with zero attached hydrogens (tertiary/aromatic N) is 3. The summed E-state index contributed by atoms with van der Waals surface area (Å²) in [6.07, 6.45) is 1.42. The van der Waals surface area contributed by atoms with Crippen LogP contribution in [0.4, 0.5) is 4.39 Å². The summed E-state index contributed by atoms with van der Waals surface area (Å²) in [6, 6.07) is 10.9. The number of hydrogen-bond acceptors (Lipinski definition) is 5. The van der Waals surface area contributed by atoms with Gasteiger partial charge in [0.05, 0.1) is 12.7 Å². The van der Waals surface area contributed by atoms with Gasteiger partial charge in [-0.15, -0.1) is 10.2 Å². The summed E-state index contributed by atoms with van der Waals surface area (Å²) in [6.45, 7) is 1.13. The molecular weight excluding hydrogens is 397 g/mol. The van der Waals surface area contributed by atoms with Crippen LogP contribution in [0.3, 0.4) is 0 Å². The highest BCUT2D eigenvalue weighted by molar-refractivity contribution is 6.31. The first-order valence-corrected chi connectivity index (χ1v) is 9.65. The maximum absolute atomic E-state index is 13.1. The smallest absolute Gasteiger partial charge is 0.257 e. The van der Waals surface area contributed by atoms with E-state index in [1.165, 1.54) is 19.2 Å². The molecule has 6 nitrogen and oxygen atoms in total. The third-order valence-electron chi connectivity index (χ3n) is 5.06. The van der Waals surface area contributed by atoms with Crippen LogP contribution in [0.1, 0.15) is 35.0 Å². The third-order valence-corrected chi connectivity index (χ3v) is 5.29. The summed E-state index contributed by atoms with van der Waals surface area (Å²) in [4.78, 5) is 14.7. The topological polar surface area (TPSA) is 68.5 Å². The zero-order chi connectivity index (χ0) is 20.4. The van der Waals surface area contributed by atoms with Crippen molar-refractivity contribution in [1.29, 1.82) is 0 Å². The van der Waals surface area contributed by atoms with Gasteiger partial charge < -0.3 is 14.1 Å². The van der Waals surface area contributed by atoms with Gasteiger partial charge in [0, 0.05) is 29.6 Å². The summed E-state index contributed by atoms with van der Waals surface area (Å²) in [5, 5.41) is 8.72.